The number of hydrazine groups is 1. The fourth-order valence-electron chi connectivity index (χ4n) is 1.84. The van der Waals surface area contributed by atoms with Crippen LogP contribution in [0, 0.1) is 0 Å². The second-order valence-corrected chi connectivity index (χ2v) is 4.38. The van der Waals surface area contributed by atoms with Gasteiger partial charge in [-0.2, -0.15) is 0 Å². The van der Waals surface area contributed by atoms with Crippen molar-refractivity contribution in [3.63, 3.8) is 0 Å². The smallest absolute Gasteiger partial charge is 0.268 e. The van der Waals surface area contributed by atoms with Crippen LogP contribution in [0.2, 0.25) is 0 Å². The van der Waals surface area contributed by atoms with E-state index in [0.29, 0.717) is 44.2 Å². The highest BCUT2D eigenvalue weighted by molar-refractivity contribution is 5.96. The number of hydrogen-bond donors (Lipinski definition) is 3. The first-order chi connectivity index (χ1) is 10.2. The number of ether oxygens (including phenoxy) is 2. The van der Waals surface area contributed by atoms with Crippen molar-refractivity contribution >= 4 is 5.91 Å². The molecule has 1 aromatic carbocycles. The van der Waals surface area contributed by atoms with Crippen LogP contribution in [-0.2, 0) is 4.74 Å². The summed E-state index contributed by atoms with van der Waals surface area (Å²) in [6, 6.07) is 6.90. The molecule has 0 bridgehead atoms. The number of para-hydroxylation sites is 1. The highest BCUT2D eigenvalue weighted by Crippen LogP contribution is 2.17. The summed E-state index contributed by atoms with van der Waals surface area (Å²) in [6.07, 6.45) is 0. The Morgan fingerprint density at radius 1 is 1.29 bits per heavy atom. The summed E-state index contributed by atoms with van der Waals surface area (Å²) < 4.78 is 10.7. The van der Waals surface area contributed by atoms with E-state index in [-0.39, 0.29) is 6.61 Å². The number of hydrogen-bond acceptors (Lipinski definition) is 6. The van der Waals surface area contributed by atoms with Crippen LogP contribution in [0.3, 0.4) is 0 Å². The zero-order valence-corrected chi connectivity index (χ0v) is 12.2. The van der Waals surface area contributed by atoms with E-state index >= 15 is 0 Å². The third kappa shape index (κ3) is 6.09. The molecule has 1 amide bonds. The second kappa shape index (κ2) is 10.1. The lowest BCUT2D eigenvalue weighted by atomic mass is 10.2. The van der Waals surface area contributed by atoms with Gasteiger partial charge in [0.2, 0.25) is 0 Å². The standard InChI is InChI=1S/C14H23N3O4/c1-20-10-7-17(6-9-18)8-11-21-13-5-3-2-4-12(13)14(19)16-15/h2-5,18H,6-11,15H2,1H3,(H,16,19). The van der Waals surface area contributed by atoms with Gasteiger partial charge in [-0.1, -0.05) is 12.1 Å². The zero-order chi connectivity index (χ0) is 15.5. The Kier molecular flexibility index (Phi) is 8.37. The van der Waals surface area contributed by atoms with Crippen molar-refractivity contribution in [2.45, 2.75) is 0 Å². The number of amides is 1. The number of rotatable bonds is 10. The maximum Gasteiger partial charge on any atom is 0.268 e. The molecule has 0 aliphatic rings. The molecule has 0 heterocycles. The average molecular weight is 297 g/mol. The first kappa shape index (κ1) is 17.4. The van der Waals surface area contributed by atoms with Gasteiger partial charge in [-0.15, -0.1) is 0 Å². The number of benzene rings is 1. The minimum atomic E-state index is -0.391. The van der Waals surface area contributed by atoms with Crippen LogP contribution in [0.1, 0.15) is 10.4 Å². The number of nitrogens with zero attached hydrogens (tertiary/aromatic N) is 1. The largest absolute Gasteiger partial charge is 0.491 e. The molecule has 0 spiro atoms. The van der Waals surface area contributed by atoms with Gasteiger partial charge in [-0.05, 0) is 12.1 Å². The van der Waals surface area contributed by atoms with Gasteiger partial charge in [0.25, 0.3) is 5.91 Å². The maximum absolute atomic E-state index is 11.6. The summed E-state index contributed by atoms with van der Waals surface area (Å²) in [5.41, 5.74) is 2.48. The summed E-state index contributed by atoms with van der Waals surface area (Å²) >= 11 is 0. The fraction of sp³-hybridized carbons (Fsp3) is 0.500. The van der Waals surface area contributed by atoms with E-state index in [1.165, 1.54) is 0 Å². The van der Waals surface area contributed by atoms with Gasteiger partial charge in [0, 0.05) is 26.7 Å². The Morgan fingerprint density at radius 2 is 2.00 bits per heavy atom. The SMILES string of the molecule is COCCN(CCO)CCOc1ccccc1C(=O)NN. The molecular weight excluding hydrogens is 274 g/mol. The van der Waals surface area contributed by atoms with E-state index in [0.717, 1.165) is 0 Å². The maximum atomic E-state index is 11.6. The summed E-state index contributed by atoms with van der Waals surface area (Å²) in [5.74, 6) is 5.23. The summed E-state index contributed by atoms with van der Waals surface area (Å²) in [7, 11) is 1.63. The molecule has 0 radical (unpaired) electrons. The van der Waals surface area contributed by atoms with E-state index in [1.54, 1.807) is 31.4 Å². The Labute approximate surface area is 124 Å². The van der Waals surface area contributed by atoms with Crippen molar-refractivity contribution in [3.8, 4) is 5.75 Å². The molecule has 0 aliphatic heterocycles. The van der Waals surface area contributed by atoms with Gasteiger partial charge in [0.15, 0.2) is 0 Å². The van der Waals surface area contributed by atoms with Crippen molar-refractivity contribution in [1.29, 1.82) is 0 Å². The number of nitrogens with two attached hydrogens (primary N) is 1. The normalized spacial score (nSPS) is 10.7. The third-order valence-corrected chi connectivity index (χ3v) is 2.96. The van der Waals surface area contributed by atoms with E-state index in [4.69, 9.17) is 20.4 Å². The molecule has 0 fully saturated rings. The van der Waals surface area contributed by atoms with Crippen LogP contribution in [0.15, 0.2) is 24.3 Å². The molecule has 0 unspecified atom stereocenters. The van der Waals surface area contributed by atoms with Gasteiger partial charge in [-0.3, -0.25) is 15.1 Å². The molecule has 1 aromatic rings. The molecular formula is C14H23N3O4. The summed E-state index contributed by atoms with van der Waals surface area (Å²) in [4.78, 5) is 13.6. The van der Waals surface area contributed by atoms with Crippen LogP contribution in [0.4, 0.5) is 0 Å². The van der Waals surface area contributed by atoms with E-state index in [1.807, 2.05) is 4.90 Å². The van der Waals surface area contributed by atoms with Crippen LogP contribution in [0.25, 0.3) is 0 Å². The van der Waals surface area contributed by atoms with Crippen molar-refractivity contribution in [2.24, 2.45) is 5.84 Å². The molecule has 4 N–H and O–H groups in total. The van der Waals surface area contributed by atoms with Crippen molar-refractivity contribution in [3.05, 3.63) is 29.8 Å². The molecule has 7 heteroatoms. The average Bonchev–Trinajstić information content (AvgIpc) is 2.52. The lowest BCUT2D eigenvalue weighted by molar-refractivity contribution is 0.0947. The highest BCUT2D eigenvalue weighted by atomic mass is 16.5. The quantitative estimate of drug-likeness (QED) is 0.309. The van der Waals surface area contributed by atoms with Gasteiger partial charge < -0.3 is 14.6 Å². The predicted molar refractivity (Wildman–Crippen MR) is 79.0 cm³/mol. The summed E-state index contributed by atoms with van der Waals surface area (Å²) in [6.45, 7) is 2.96. The van der Waals surface area contributed by atoms with Crippen LogP contribution in [-0.4, -0.2) is 62.5 Å². The molecule has 0 aliphatic carbocycles. The zero-order valence-electron chi connectivity index (χ0n) is 12.2. The van der Waals surface area contributed by atoms with E-state index in [2.05, 4.69) is 5.43 Å². The number of aliphatic hydroxyl groups is 1. The number of aliphatic hydroxyl groups excluding tert-OH is 1. The van der Waals surface area contributed by atoms with Crippen LogP contribution >= 0.6 is 0 Å². The molecule has 0 saturated carbocycles. The lowest BCUT2D eigenvalue weighted by Crippen LogP contribution is -2.34. The molecule has 0 aromatic heterocycles. The number of nitrogen functional groups attached to an aromatic ring is 1. The Morgan fingerprint density at radius 3 is 2.67 bits per heavy atom. The topological polar surface area (TPSA) is 97.0 Å². The summed E-state index contributed by atoms with van der Waals surface area (Å²) in [5, 5.41) is 9.01. The molecule has 0 atom stereocenters. The first-order valence-corrected chi connectivity index (χ1v) is 6.77. The van der Waals surface area contributed by atoms with Gasteiger partial charge in [-0.25, -0.2) is 5.84 Å². The Bertz CT molecular complexity index is 428. The number of carbonyl (C=O) groups is 1. The Hall–Kier alpha value is -1.67. The third-order valence-electron chi connectivity index (χ3n) is 2.96. The number of carbonyl (C=O) groups excluding carboxylic acids is 1. The fourth-order valence-corrected chi connectivity index (χ4v) is 1.84. The number of nitrogens with one attached hydrogen (secondary N) is 1. The van der Waals surface area contributed by atoms with Crippen LogP contribution < -0.4 is 16.0 Å². The molecule has 7 nitrogen and oxygen atoms in total. The molecule has 21 heavy (non-hydrogen) atoms. The van der Waals surface area contributed by atoms with Gasteiger partial charge in [0.1, 0.15) is 12.4 Å². The minimum absolute atomic E-state index is 0.0792. The monoisotopic (exact) mass is 297 g/mol. The van der Waals surface area contributed by atoms with Crippen molar-refractivity contribution < 1.29 is 19.4 Å². The van der Waals surface area contributed by atoms with Crippen LogP contribution in [0.5, 0.6) is 5.75 Å². The van der Waals surface area contributed by atoms with E-state index < -0.39 is 5.91 Å². The minimum Gasteiger partial charge on any atom is -0.491 e. The van der Waals surface area contributed by atoms with Gasteiger partial charge in [0.05, 0.1) is 18.8 Å². The second-order valence-electron chi connectivity index (χ2n) is 4.38. The van der Waals surface area contributed by atoms with E-state index in [9.17, 15) is 4.79 Å². The molecule has 0 saturated heterocycles. The molecule has 1 rings (SSSR count). The first-order valence-electron chi connectivity index (χ1n) is 6.77. The van der Waals surface area contributed by atoms with Crippen molar-refractivity contribution in [1.82, 2.24) is 10.3 Å². The Balaban J connectivity index is 2.52. The predicted octanol–water partition coefficient (Wildman–Crippen LogP) is -0.390. The highest BCUT2D eigenvalue weighted by Gasteiger charge is 2.11. The lowest BCUT2D eigenvalue weighted by Gasteiger charge is -2.21. The van der Waals surface area contributed by atoms with Crippen molar-refractivity contribution in [2.75, 3.05) is 46.6 Å². The number of methoxy groups -OCH3 is 1. The molecule has 118 valence electrons. The van der Waals surface area contributed by atoms with Gasteiger partial charge >= 0.3 is 0 Å².